The van der Waals surface area contributed by atoms with E-state index in [1.807, 2.05) is 4.57 Å². The number of hydrogen-bond acceptors (Lipinski definition) is 2. The van der Waals surface area contributed by atoms with Crippen molar-refractivity contribution in [1.29, 1.82) is 0 Å². The molecule has 0 saturated heterocycles. The van der Waals surface area contributed by atoms with Crippen molar-refractivity contribution in [2.75, 3.05) is 0 Å². The fourth-order valence-electron chi connectivity index (χ4n) is 2.65. The van der Waals surface area contributed by atoms with Crippen molar-refractivity contribution in [1.82, 2.24) is 14.8 Å². The summed E-state index contributed by atoms with van der Waals surface area (Å²) >= 11 is 0. The summed E-state index contributed by atoms with van der Waals surface area (Å²) in [6, 6.07) is 5.38. The standard InChI is InChI=1S/C14H14F3N3/c1-9-3-2-4-12-18-19-13(20(9)12)10-5-7-11(8-6-10)14(15,16)17/h5-9H,2-4H2,1H3. The number of nitrogens with zero attached hydrogens (tertiary/aromatic N) is 3. The molecular formula is C14H14F3N3. The number of hydrogen-bond donors (Lipinski definition) is 0. The van der Waals surface area contributed by atoms with Gasteiger partial charge in [0.25, 0.3) is 0 Å². The highest BCUT2D eigenvalue weighted by Gasteiger charge is 2.30. The van der Waals surface area contributed by atoms with E-state index in [-0.39, 0.29) is 6.04 Å². The van der Waals surface area contributed by atoms with Crippen LogP contribution in [0.3, 0.4) is 0 Å². The summed E-state index contributed by atoms with van der Waals surface area (Å²) in [6.45, 7) is 2.08. The highest BCUT2D eigenvalue weighted by molar-refractivity contribution is 5.56. The summed E-state index contributed by atoms with van der Waals surface area (Å²) in [5.41, 5.74) is 0.0261. The number of aromatic nitrogens is 3. The van der Waals surface area contributed by atoms with Crippen molar-refractivity contribution in [3.05, 3.63) is 35.7 Å². The molecule has 3 rings (SSSR count). The van der Waals surface area contributed by atoms with Gasteiger partial charge in [-0.05, 0) is 31.9 Å². The molecule has 106 valence electrons. The van der Waals surface area contributed by atoms with E-state index in [0.29, 0.717) is 11.4 Å². The van der Waals surface area contributed by atoms with E-state index in [0.717, 1.165) is 37.2 Å². The van der Waals surface area contributed by atoms with Gasteiger partial charge < -0.3 is 4.57 Å². The van der Waals surface area contributed by atoms with E-state index < -0.39 is 11.7 Å². The Kier molecular flexibility index (Phi) is 3.03. The second kappa shape index (κ2) is 4.61. The zero-order chi connectivity index (χ0) is 14.3. The maximum Gasteiger partial charge on any atom is 0.416 e. The zero-order valence-electron chi connectivity index (χ0n) is 11.0. The third-order valence-corrected chi connectivity index (χ3v) is 3.70. The third-order valence-electron chi connectivity index (χ3n) is 3.70. The van der Waals surface area contributed by atoms with Gasteiger partial charge in [-0.1, -0.05) is 12.1 Å². The van der Waals surface area contributed by atoms with Crippen LogP contribution in [0.25, 0.3) is 11.4 Å². The fourth-order valence-corrected chi connectivity index (χ4v) is 2.65. The summed E-state index contributed by atoms with van der Waals surface area (Å²) in [5.74, 6) is 1.57. The molecule has 0 radical (unpaired) electrons. The molecule has 3 nitrogen and oxygen atoms in total. The predicted octanol–water partition coefficient (Wildman–Crippen LogP) is 3.86. The number of aryl methyl sites for hydroxylation is 1. The van der Waals surface area contributed by atoms with E-state index in [1.165, 1.54) is 12.1 Å². The van der Waals surface area contributed by atoms with Crippen LogP contribution < -0.4 is 0 Å². The average Bonchev–Trinajstić information content (AvgIpc) is 2.83. The van der Waals surface area contributed by atoms with Crippen LogP contribution in [-0.2, 0) is 12.6 Å². The quantitative estimate of drug-likeness (QED) is 0.794. The zero-order valence-corrected chi connectivity index (χ0v) is 11.0. The molecule has 1 unspecified atom stereocenters. The van der Waals surface area contributed by atoms with Gasteiger partial charge in [0.05, 0.1) is 5.56 Å². The fraction of sp³-hybridized carbons (Fsp3) is 0.429. The minimum atomic E-state index is -4.31. The minimum absolute atomic E-state index is 0.283. The summed E-state index contributed by atoms with van der Waals surface area (Å²) < 4.78 is 39.7. The van der Waals surface area contributed by atoms with Gasteiger partial charge in [0.2, 0.25) is 0 Å². The lowest BCUT2D eigenvalue weighted by molar-refractivity contribution is -0.137. The van der Waals surface area contributed by atoms with Gasteiger partial charge in [-0.25, -0.2) is 0 Å². The first-order chi connectivity index (χ1) is 9.47. The summed E-state index contributed by atoms with van der Waals surface area (Å²) in [5, 5.41) is 8.29. The van der Waals surface area contributed by atoms with E-state index in [1.54, 1.807) is 0 Å². The number of benzene rings is 1. The lowest BCUT2D eigenvalue weighted by Crippen LogP contribution is -2.16. The molecule has 0 fully saturated rings. The first-order valence-electron chi connectivity index (χ1n) is 6.58. The topological polar surface area (TPSA) is 30.7 Å². The van der Waals surface area contributed by atoms with Gasteiger partial charge in [0.15, 0.2) is 5.82 Å². The maximum atomic E-state index is 12.6. The van der Waals surface area contributed by atoms with E-state index in [9.17, 15) is 13.2 Å². The number of rotatable bonds is 1. The smallest absolute Gasteiger partial charge is 0.308 e. The van der Waals surface area contributed by atoms with Gasteiger partial charge >= 0.3 is 6.18 Å². The Hall–Kier alpha value is -1.85. The van der Waals surface area contributed by atoms with Crippen molar-refractivity contribution in [2.24, 2.45) is 0 Å². The second-order valence-electron chi connectivity index (χ2n) is 5.13. The molecule has 0 spiro atoms. The Balaban J connectivity index is 2.00. The molecule has 6 heteroatoms. The molecule has 1 aromatic carbocycles. The molecule has 0 aliphatic carbocycles. The van der Waals surface area contributed by atoms with Gasteiger partial charge in [0, 0.05) is 18.0 Å². The van der Waals surface area contributed by atoms with Crippen molar-refractivity contribution in [2.45, 2.75) is 38.4 Å². The molecular weight excluding hydrogens is 267 g/mol. The summed E-state index contributed by atoms with van der Waals surface area (Å²) in [4.78, 5) is 0. The van der Waals surface area contributed by atoms with Crippen LogP contribution in [0.4, 0.5) is 13.2 Å². The van der Waals surface area contributed by atoms with Crippen LogP contribution in [-0.4, -0.2) is 14.8 Å². The first-order valence-corrected chi connectivity index (χ1v) is 6.58. The van der Waals surface area contributed by atoms with Crippen LogP contribution in [0.2, 0.25) is 0 Å². The molecule has 2 heterocycles. The SMILES string of the molecule is CC1CCCc2nnc(-c3ccc(C(F)(F)F)cc3)n21. The monoisotopic (exact) mass is 281 g/mol. The molecule has 0 bridgehead atoms. The second-order valence-corrected chi connectivity index (χ2v) is 5.13. The van der Waals surface area contributed by atoms with Crippen LogP contribution in [0, 0.1) is 0 Å². The van der Waals surface area contributed by atoms with Crippen LogP contribution in [0.1, 0.15) is 37.2 Å². The van der Waals surface area contributed by atoms with Gasteiger partial charge in [-0.3, -0.25) is 0 Å². The van der Waals surface area contributed by atoms with Crippen LogP contribution in [0.15, 0.2) is 24.3 Å². The molecule has 0 amide bonds. The lowest BCUT2D eigenvalue weighted by Gasteiger charge is -2.22. The van der Waals surface area contributed by atoms with Gasteiger partial charge in [-0.15, -0.1) is 10.2 Å². The first kappa shape index (κ1) is 13.1. The largest absolute Gasteiger partial charge is 0.416 e. The van der Waals surface area contributed by atoms with Crippen LogP contribution in [0.5, 0.6) is 0 Å². The van der Waals surface area contributed by atoms with Crippen LogP contribution >= 0.6 is 0 Å². The molecule has 0 saturated carbocycles. The highest BCUT2D eigenvalue weighted by atomic mass is 19.4. The van der Waals surface area contributed by atoms with Crippen molar-refractivity contribution >= 4 is 0 Å². The predicted molar refractivity (Wildman–Crippen MR) is 68.1 cm³/mol. The van der Waals surface area contributed by atoms with E-state index in [4.69, 9.17) is 0 Å². The van der Waals surface area contributed by atoms with E-state index >= 15 is 0 Å². The normalized spacial score (nSPS) is 18.9. The molecule has 2 aromatic rings. The van der Waals surface area contributed by atoms with Gasteiger partial charge in [0.1, 0.15) is 5.82 Å². The number of fused-ring (bicyclic) bond motifs is 1. The Morgan fingerprint density at radius 2 is 1.85 bits per heavy atom. The highest BCUT2D eigenvalue weighted by Crippen LogP contribution is 2.33. The Labute approximate surface area is 114 Å². The van der Waals surface area contributed by atoms with Crippen molar-refractivity contribution < 1.29 is 13.2 Å². The summed E-state index contributed by atoms with van der Waals surface area (Å²) in [7, 11) is 0. The molecule has 1 atom stereocenters. The maximum absolute atomic E-state index is 12.6. The van der Waals surface area contributed by atoms with Crippen molar-refractivity contribution in [3.8, 4) is 11.4 Å². The van der Waals surface area contributed by atoms with Gasteiger partial charge in [-0.2, -0.15) is 13.2 Å². The minimum Gasteiger partial charge on any atom is -0.308 e. The third kappa shape index (κ3) is 2.19. The average molecular weight is 281 g/mol. The summed E-state index contributed by atoms with van der Waals surface area (Å²) in [6.07, 6.45) is -1.32. The van der Waals surface area contributed by atoms with Crippen molar-refractivity contribution in [3.63, 3.8) is 0 Å². The molecule has 1 aromatic heterocycles. The molecule has 20 heavy (non-hydrogen) atoms. The molecule has 0 N–H and O–H groups in total. The molecule has 1 aliphatic heterocycles. The number of halogens is 3. The Bertz CT molecular complexity index is 614. The Morgan fingerprint density at radius 1 is 1.15 bits per heavy atom. The lowest BCUT2D eigenvalue weighted by atomic mass is 10.0. The van der Waals surface area contributed by atoms with E-state index in [2.05, 4.69) is 17.1 Å². The number of alkyl halides is 3. The molecule has 1 aliphatic rings. The Morgan fingerprint density at radius 3 is 2.50 bits per heavy atom.